The monoisotopic (exact) mass is 256 g/mol. The van der Waals surface area contributed by atoms with Crippen molar-refractivity contribution in [2.24, 2.45) is 0 Å². The Labute approximate surface area is 104 Å². The van der Waals surface area contributed by atoms with E-state index in [1.165, 1.54) is 12.1 Å². The fourth-order valence-corrected chi connectivity index (χ4v) is 1.98. The van der Waals surface area contributed by atoms with E-state index >= 15 is 0 Å². The van der Waals surface area contributed by atoms with Crippen molar-refractivity contribution in [1.82, 2.24) is 4.98 Å². The second kappa shape index (κ2) is 6.29. The van der Waals surface area contributed by atoms with Gasteiger partial charge in [0, 0.05) is 11.8 Å². The molecule has 6 nitrogen and oxygen atoms in total. The maximum Gasteiger partial charge on any atom is 0.276 e. The molecule has 0 bridgehead atoms. The van der Waals surface area contributed by atoms with Gasteiger partial charge in [-0.25, -0.2) is 4.98 Å². The van der Waals surface area contributed by atoms with Crippen LogP contribution in [0, 0.1) is 10.1 Å². The molecule has 0 fully saturated rings. The van der Waals surface area contributed by atoms with Gasteiger partial charge >= 0.3 is 0 Å². The van der Waals surface area contributed by atoms with Crippen molar-refractivity contribution in [1.29, 1.82) is 0 Å². The Morgan fingerprint density at radius 2 is 2.35 bits per heavy atom. The summed E-state index contributed by atoms with van der Waals surface area (Å²) < 4.78 is 0. The van der Waals surface area contributed by atoms with E-state index in [0.29, 0.717) is 5.82 Å². The van der Waals surface area contributed by atoms with Crippen LogP contribution in [0.4, 0.5) is 17.3 Å². The Morgan fingerprint density at radius 3 is 2.94 bits per heavy atom. The second-order valence-corrected chi connectivity index (χ2v) is 4.92. The van der Waals surface area contributed by atoms with E-state index in [4.69, 9.17) is 5.73 Å². The molecule has 1 aromatic heterocycles. The highest BCUT2D eigenvalue weighted by atomic mass is 32.2. The number of hydrogen-bond acceptors (Lipinski definition) is 6. The third-order valence-corrected chi connectivity index (χ3v) is 3.15. The van der Waals surface area contributed by atoms with E-state index in [-0.39, 0.29) is 17.5 Å². The Morgan fingerprint density at radius 1 is 1.65 bits per heavy atom. The quantitative estimate of drug-likeness (QED) is 0.598. The predicted molar refractivity (Wildman–Crippen MR) is 71.4 cm³/mol. The minimum absolute atomic E-state index is 0.0460. The zero-order valence-corrected chi connectivity index (χ0v) is 10.7. The maximum atomic E-state index is 10.7. The Kier molecular flexibility index (Phi) is 5.02. The number of nitrogen functional groups attached to an aromatic ring is 1. The summed E-state index contributed by atoms with van der Waals surface area (Å²) in [6.45, 7) is 4.08. The van der Waals surface area contributed by atoms with Gasteiger partial charge in [-0.3, -0.25) is 10.1 Å². The molecule has 1 unspecified atom stereocenters. The summed E-state index contributed by atoms with van der Waals surface area (Å²) in [4.78, 5) is 14.2. The highest BCUT2D eigenvalue weighted by molar-refractivity contribution is 7.99. The summed E-state index contributed by atoms with van der Waals surface area (Å²) in [6.07, 6.45) is 0. The number of thioether (sulfide) groups is 1. The van der Waals surface area contributed by atoms with Gasteiger partial charge in [-0.05, 0) is 12.7 Å². The molecule has 17 heavy (non-hydrogen) atoms. The number of pyridine rings is 1. The summed E-state index contributed by atoms with van der Waals surface area (Å²) in [7, 11) is 0. The van der Waals surface area contributed by atoms with Crippen molar-refractivity contribution in [3.05, 3.63) is 22.2 Å². The molecule has 0 amide bonds. The van der Waals surface area contributed by atoms with Crippen LogP contribution in [0.3, 0.4) is 0 Å². The molecule has 0 saturated heterocycles. The van der Waals surface area contributed by atoms with Crippen molar-refractivity contribution in [3.63, 3.8) is 0 Å². The largest absolute Gasteiger partial charge is 0.383 e. The number of rotatable bonds is 6. The SMILES string of the molecule is CCSCC(C)Nc1cc([N+](=O)[O-])cc(N)n1. The third kappa shape index (κ3) is 4.48. The average molecular weight is 256 g/mol. The molecule has 0 aliphatic carbocycles. The van der Waals surface area contributed by atoms with Gasteiger partial charge in [0.1, 0.15) is 11.6 Å². The zero-order chi connectivity index (χ0) is 12.8. The highest BCUT2D eigenvalue weighted by Gasteiger charge is 2.11. The zero-order valence-electron chi connectivity index (χ0n) is 9.84. The summed E-state index contributed by atoms with van der Waals surface area (Å²) >= 11 is 1.79. The summed E-state index contributed by atoms with van der Waals surface area (Å²) in [5.41, 5.74) is 5.47. The van der Waals surface area contributed by atoms with Crippen molar-refractivity contribution < 1.29 is 4.92 Å². The molecule has 3 N–H and O–H groups in total. The number of anilines is 2. The lowest BCUT2D eigenvalue weighted by Crippen LogP contribution is -2.19. The summed E-state index contributed by atoms with van der Waals surface area (Å²) in [5.74, 6) is 2.55. The van der Waals surface area contributed by atoms with E-state index in [1.807, 2.05) is 6.92 Å². The molecule has 0 saturated carbocycles. The van der Waals surface area contributed by atoms with Crippen molar-refractivity contribution in [2.45, 2.75) is 19.9 Å². The smallest absolute Gasteiger partial charge is 0.276 e. The van der Waals surface area contributed by atoms with E-state index in [0.717, 1.165) is 11.5 Å². The molecule has 1 atom stereocenters. The highest BCUT2D eigenvalue weighted by Crippen LogP contribution is 2.19. The van der Waals surface area contributed by atoms with E-state index < -0.39 is 4.92 Å². The maximum absolute atomic E-state index is 10.7. The Balaban J connectivity index is 2.73. The summed E-state index contributed by atoms with van der Waals surface area (Å²) in [5, 5.41) is 13.7. The number of hydrogen-bond donors (Lipinski definition) is 2. The lowest BCUT2D eigenvalue weighted by molar-refractivity contribution is -0.384. The first-order valence-corrected chi connectivity index (χ1v) is 6.44. The Bertz CT molecular complexity index is 400. The first-order valence-electron chi connectivity index (χ1n) is 5.29. The molecule has 0 aromatic carbocycles. The van der Waals surface area contributed by atoms with Crippen LogP contribution in [0.25, 0.3) is 0 Å². The fourth-order valence-electron chi connectivity index (χ4n) is 1.30. The topological polar surface area (TPSA) is 94.1 Å². The molecular formula is C10H16N4O2S. The molecule has 0 aliphatic rings. The van der Waals surface area contributed by atoms with Crippen LogP contribution in [0.5, 0.6) is 0 Å². The second-order valence-electron chi connectivity index (χ2n) is 3.60. The minimum Gasteiger partial charge on any atom is -0.383 e. The van der Waals surface area contributed by atoms with Crippen molar-refractivity contribution in [2.75, 3.05) is 22.6 Å². The molecule has 0 spiro atoms. The van der Waals surface area contributed by atoms with E-state index in [9.17, 15) is 10.1 Å². The number of nitrogens with zero attached hydrogens (tertiary/aromatic N) is 2. The van der Waals surface area contributed by atoms with Crippen LogP contribution in [-0.4, -0.2) is 27.5 Å². The molecule has 1 aromatic rings. The van der Waals surface area contributed by atoms with Crippen LogP contribution in [0.2, 0.25) is 0 Å². The molecule has 94 valence electrons. The number of nitrogens with one attached hydrogen (secondary N) is 1. The minimum atomic E-state index is -0.478. The van der Waals surface area contributed by atoms with Gasteiger partial charge in [-0.2, -0.15) is 11.8 Å². The van der Waals surface area contributed by atoms with Gasteiger partial charge in [0.05, 0.1) is 17.1 Å². The van der Waals surface area contributed by atoms with Crippen LogP contribution in [-0.2, 0) is 0 Å². The van der Waals surface area contributed by atoms with Crippen LogP contribution in [0.15, 0.2) is 12.1 Å². The Hall–Kier alpha value is -1.50. The third-order valence-electron chi connectivity index (χ3n) is 2.01. The van der Waals surface area contributed by atoms with Gasteiger partial charge < -0.3 is 11.1 Å². The first kappa shape index (κ1) is 13.6. The standard InChI is InChI=1S/C10H16N4O2S/c1-3-17-6-7(2)12-10-5-8(14(15)16)4-9(11)13-10/h4-5,7H,3,6H2,1-2H3,(H3,11,12,13). The number of aromatic nitrogens is 1. The molecule has 7 heteroatoms. The fraction of sp³-hybridized carbons (Fsp3) is 0.500. The molecular weight excluding hydrogens is 240 g/mol. The van der Waals surface area contributed by atoms with Gasteiger partial charge in [-0.1, -0.05) is 6.92 Å². The normalized spacial score (nSPS) is 12.1. The van der Waals surface area contributed by atoms with Gasteiger partial charge in [0.25, 0.3) is 5.69 Å². The summed E-state index contributed by atoms with van der Waals surface area (Å²) in [6, 6.07) is 2.83. The molecule has 1 rings (SSSR count). The van der Waals surface area contributed by atoms with Crippen LogP contribution in [0.1, 0.15) is 13.8 Å². The van der Waals surface area contributed by atoms with Gasteiger partial charge in [0.2, 0.25) is 0 Å². The number of nitrogens with two attached hydrogens (primary N) is 1. The molecule has 1 heterocycles. The van der Waals surface area contributed by atoms with Crippen LogP contribution >= 0.6 is 11.8 Å². The van der Waals surface area contributed by atoms with Crippen molar-refractivity contribution >= 4 is 29.1 Å². The van der Waals surface area contributed by atoms with Gasteiger partial charge in [-0.15, -0.1) is 0 Å². The van der Waals surface area contributed by atoms with Crippen LogP contribution < -0.4 is 11.1 Å². The lowest BCUT2D eigenvalue weighted by atomic mass is 10.3. The molecule has 0 aliphatic heterocycles. The van der Waals surface area contributed by atoms with E-state index in [1.54, 1.807) is 11.8 Å². The van der Waals surface area contributed by atoms with Crippen molar-refractivity contribution in [3.8, 4) is 0 Å². The molecule has 0 radical (unpaired) electrons. The number of nitro groups is 1. The first-order chi connectivity index (χ1) is 8.02. The predicted octanol–water partition coefficient (Wildman–Crippen LogP) is 2.13. The lowest BCUT2D eigenvalue weighted by Gasteiger charge is -2.13. The van der Waals surface area contributed by atoms with Gasteiger partial charge in [0.15, 0.2) is 0 Å². The van der Waals surface area contributed by atoms with E-state index in [2.05, 4.69) is 17.2 Å². The average Bonchev–Trinajstić information content (AvgIpc) is 2.25.